The van der Waals surface area contributed by atoms with E-state index in [-0.39, 0.29) is 6.04 Å². The Hall–Kier alpha value is -1.33. The minimum Gasteiger partial charge on any atom is -0.298 e. The Balaban J connectivity index is 3.01. The van der Waals surface area contributed by atoms with Crippen molar-refractivity contribution in [2.24, 2.45) is 5.92 Å². The first kappa shape index (κ1) is 13.7. The number of aryl methyl sites for hydroxylation is 3. The van der Waals surface area contributed by atoms with Gasteiger partial charge in [0.2, 0.25) is 0 Å². The Morgan fingerprint density at radius 1 is 1.18 bits per heavy atom. The number of benzene rings is 1. The summed E-state index contributed by atoms with van der Waals surface area (Å²) >= 11 is 0. The van der Waals surface area contributed by atoms with Crippen LogP contribution in [-0.2, 0) is 0 Å². The van der Waals surface area contributed by atoms with Gasteiger partial charge in [0.15, 0.2) is 0 Å². The van der Waals surface area contributed by atoms with E-state index in [9.17, 15) is 5.26 Å². The monoisotopic (exact) mass is 230 g/mol. The smallest absolute Gasteiger partial charge is 0.121 e. The van der Waals surface area contributed by atoms with Gasteiger partial charge in [0, 0.05) is 0 Å². The third kappa shape index (κ3) is 3.57. The van der Waals surface area contributed by atoms with Gasteiger partial charge in [-0.1, -0.05) is 31.5 Å². The molecule has 0 aliphatic heterocycles. The van der Waals surface area contributed by atoms with E-state index in [4.69, 9.17) is 0 Å². The lowest BCUT2D eigenvalue weighted by Gasteiger charge is -2.18. The molecule has 1 atom stereocenters. The van der Waals surface area contributed by atoms with Crippen molar-refractivity contribution in [2.45, 2.75) is 40.7 Å². The molecule has 0 spiro atoms. The normalized spacial score (nSPS) is 12.5. The van der Waals surface area contributed by atoms with Gasteiger partial charge in [-0.3, -0.25) is 5.32 Å². The van der Waals surface area contributed by atoms with Crippen LogP contribution in [0.25, 0.3) is 0 Å². The van der Waals surface area contributed by atoms with Crippen LogP contribution in [0.3, 0.4) is 0 Å². The molecule has 1 rings (SSSR count). The van der Waals surface area contributed by atoms with Crippen LogP contribution in [0.4, 0.5) is 0 Å². The molecule has 17 heavy (non-hydrogen) atoms. The van der Waals surface area contributed by atoms with Gasteiger partial charge in [-0.05, 0) is 49.9 Å². The Morgan fingerprint density at radius 2 is 1.71 bits per heavy atom. The average molecular weight is 230 g/mol. The molecule has 0 saturated carbocycles. The van der Waals surface area contributed by atoms with Crippen LogP contribution in [0, 0.1) is 38.0 Å². The molecule has 92 valence electrons. The molecule has 0 fully saturated rings. The van der Waals surface area contributed by atoms with Gasteiger partial charge >= 0.3 is 0 Å². The Bertz CT molecular complexity index is 404. The van der Waals surface area contributed by atoms with Crippen molar-refractivity contribution in [1.82, 2.24) is 5.32 Å². The highest BCUT2D eigenvalue weighted by Crippen LogP contribution is 2.23. The molecule has 1 aromatic carbocycles. The maximum absolute atomic E-state index is 9.30. The van der Waals surface area contributed by atoms with Gasteiger partial charge in [0.05, 0.1) is 6.07 Å². The first-order valence-electron chi connectivity index (χ1n) is 6.16. The molecule has 0 radical (unpaired) electrons. The summed E-state index contributed by atoms with van der Waals surface area (Å²) in [5, 5.41) is 12.6. The van der Waals surface area contributed by atoms with E-state index in [1.807, 2.05) is 0 Å². The highest BCUT2D eigenvalue weighted by Gasteiger charge is 2.15. The molecule has 1 N–H and O–H groups in total. The molecular weight excluding hydrogens is 208 g/mol. The second-order valence-corrected chi connectivity index (χ2v) is 5.18. The third-order valence-electron chi connectivity index (χ3n) is 2.89. The van der Waals surface area contributed by atoms with Crippen LogP contribution in [0.2, 0.25) is 0 Å². The second-order valence-electron chi connectivity index (χ2n) is 5.18. The zero-order valence-electron chi connectivity index (χ0n) is 11.5. The molecule has 0 aromatic heterocycles. The van der Waals surface area contributed by atoms with E-state index >= 15 is 0 Å². The zero-order chi connectivity index (χ0) is 13.0. The Labute approximate surface area is 105 Å². The molecular formula is C15H22N2. The van der Waals surface area contributed by atoms with Gasteiger partial charge in [-0.2, -0.15) is 5.26 Å². The summed E-state index contributed by atoms with van der Waals surface area (Å²) in [4.78, 5) is 0. The second kappa shape index (κ2) is 5.84. The lowest BCUT2D eigenvalue weighted by molar-refractivity contribution is 0.523. The third-order valence-corrected chi connectivity index (χ3v) is 2.89. The van der Waals surface area contributed by atoms with Crippen LogP contribution < -0.4 is 5.32 Å². The van der Waals surface area contributed by atoms with Gasteiger partial charge in [0.1, 0.15) is 6.04 Å². The van der Waals surface area contributed by atoms with E-state index in [1.165, 1.54) is 16.7 Å². The topological polar surface area (TPSA) is 35.8 Å². The molecule has 0 saturated heterocycles. The van der Waals surface area contributed by atoms with E-state index < -0.39 is 0 Å². The molecule has 0 aliphatic carbocycles. The number of nitrogens with one attached hydrogen (secondary N) is 1. The zero-order valence-corrected chi connectivity index (χ0v) is 11.5. The van der Waals surface area contributed by atoms with Crippen LogP contribution >= 0.6 is 0 Å². The predicted molar refractivity (Wildman–Crippen MR) is 71.8 cm³/mol. The minimum absolute atomic E-state index is 0.196. The van der Waals surface area contributed by atoms with Crippen molar-refractivity contribution in [3.63, 3.8) is 0 Å². The van der Waals surface area contributed by atoms with E-state index in [1.54, 1.807) is 0 Å². The van der Waals surface area contributed by atoms with Crippen molar-refractivity contribution in [3.05, 3.63) is 34.4 Å². The number of hydrogen-bond donors (Lipinski definition) is 1. The molecule has 0 aliphatic rings. The lowest BCUT2D eigenvalue weighted by atomic mass is 9.94. The van der Waals surface area contributed by atoms with Crippen molar-refractivity contribution < 1.29 is 0 Å². The van der Waals surface area contributed by atoms with Crippen LogP contribution in [0.1, 0.15) is 42.1 Å². The van der Waals surface area contributed by atoms with Gasteiger partial charge in [-0.15, -0.1) is 0 Å². The average Bonchev–Trinajstić information content (AvgIpc) is 2.21. The Morgan fingerprint density at radius 3 is 2.12 bits per heavy atom. The summed E-state index contributed by atoms with van der Waals surface area (Å²) in [7, 11) is 0. The number of hydrogen-bond acceptors (Lipinski definition) is 2. The number of nitrogens with zero attached hydrogens (tertiary/aromatic N) is 1. The summed E-state index contributed by atoms with van der Waals surface area (Å²) in [5.41, 5.74) is 4.79. The molecule has 1 unspecified atom stereocenters. The van der Waals surface area contributed by atoms with E-state index in [0.717, 1.165) is 12.1 Å². The van der Waals surface area contributed by atoms with Crippen molar-refractivity contribution in [3.8, 4) is 6.07 Å². The first-order valence-corrected chi connectivity index (χ1v) is 6.16. The molecule has 0 bridgehead atoms. The molecule has 0 amide bonds. The summed E-state index contributed by atoms with van der Waals surface area (Å²) in [6.45, 7) is 11.4. The van der Waals surface area contributed by atoms with E-state index in [2.05, 4.69) is 58.1 Å². The summed E-state index contributed by atoms with van der Waals surface area (Å²) in [6.07, 6.45) is 0. The predicted octanol–water partition coefficient (Wildman–Crippen LogP) is 3.42. The van der Waals surface area contributed by atoms with Crippen LogP contribution in [0.5, 0.6) is 0 Å². The van der Waals surface area contributed by atoms with Crippen LogP contribution in [0.15, 0.2) is 12.1 Å². The highest BCUT2D eigenvalue weighted by molar-refractivity contribution is 5.41. The van der Waals surface area contributed by atoms with Gasteiger partial charge < -0.3 is 0 Å². The summed E-state index contributed by atoms with van der Waals surface area (Å²) < 4.78 is 0. The van der Waals surface area contributed by atoms with E-state index in [0.29, 0.717) is 5.92 Å². The van der Waals surface area contributed by atoms with Gasteiger partial charge in [-0.25, -0.2) is 0 Å². The molecule has 2 heteroatoms. The molecule has 2 nitrogen and oxygen atoms in total. The Kier molecular flexibility index (Phi) is 4.72. The maximum Gasteiger partial charge on any atom is 0.121 e. The summed E-state index contributed by atoms with van der Waals surface area (Å²) in [5.74, 6) is 0.553. The first-order chi connectivity index (χ1) is 7.95. The van der Waals surface area contributed by atoms with Crippen molar-refractivity contribution in [2.75, 3.05) is 6.54 Å². The standard InChI is InChI=1S/C15H22N2/c1-10(2)9-17-14(8-16)15-12(4)6-11(3)7-13(15)5/h6-7,10,14,17H,9H2,1-5H3. The molecule has 1 aromatic rings. The minimum atomic E-state index is -0.196. The highest BCUT2D eigenvalue weighted by atomic mass is 14.9. The van der Waals surface area contributed by atoms with Crippen molar-refractivity contribution >= 4 is 0 Å². The maximum atomic E-state index is 9.30. The lowest BCUT2D eigenvalue weighted by Crippen LogP contribution is -2.25. The fourth-order valence-corrected chi connectivity index (χ4v) is 2.21. The SMILES string of the molecule is Cc1cc(C)c(C(C#N)NCC(C)C)c(C)c1. The number of nitriles is 1. The summed E-state index contributed by atoms with van der Waals surface area (Å²) in [6, 6.07) is 6.45. The fraction of sp³-hybridized carbons (Fsp3) is 0.533. The largest absolute Gasteiger partial charge is 0.298 e. The van der Waals surface area contributed by atoms with Gasteiger partial charge in [0.25, 0.3) is 0 Å². The quantitative estimate of drug-likeness (QED) is 0.860. The fourth-order valence-electron chi connectivity index (χ4n) is 2.21. The van der Waals surface area contributed by atoms with Crippen molar-refractivity contribution in [1.29, 1.82) is 5.26 Å². The van der Waals surface area contributed by atoms with Crippen LogP contribution in [-0.4, -0.2) is 6.54 Å². The molecule has 0 heterocycles. The number of rotatable bonds is 4.